The zero-order valence-electron chi connectivity index (χ0n) is 12.5. The van der Waals surface area contributed by atoms with Gasteiger partial charge in [0, 0.05) is 16.1 Å². The predicted octanol–water partition coefficient (Wildman–Crippen LogP) is 3.23. The highest BCUT2D eigenvalue weighted by Gasteiger charge is 2.15. The Morgan fingerprint density at radius 2 is 1.74 bits per heavy atom. The molecule has 0 spiro atoms. The maximum Gasteiger partial charge on any atom is 0.342 e. The van der Waals surface area contributed by atoms with E-state index in [9.17, 15) is 15.0 Å². The maximum atomic E-state index is 12.0. The third kappa shape index (κ3) is 3.87. The van der Waals surface area contributed by atoms with Crippen molar-refractivity contribution in [1.29, 1.82) is 0 Å². The van der Waals surface area contributed by atoms with E-state index in [2.05, 4.69) is 15.9 Å². The van der Waals surface area contributed by atoms with Gasteiger partial charge in [-0.3, -0.25) is 0 Å². The molecular weight excluding hydrogens is 368 g/mol. The smallest absolute Gasteiger partial charge is 0.342 e. The summed E-state index contributed by atoms with van der Waals surface area (Å²) in [4.78, 5) is 12.0. The van der Waals surface area contributed by atoms with E-state index in [1.165, 1.54) is 26.4 Å². The number of carbonyl (C=O) groups is 1. The van der Waals surface area contributed by atoms with Crippen molar-refractivity contribution in [1.82, 2.24) is 0 Å². The van der Waals surface area contributed by atoms with Crippen molar-refractivity contribution in [2.45, 2.75) is 6.61 Å². The van der Waals surface area contributed by atoms with E-state index in [0.717, 1.165) is 6.07 Å². The lowest BCUT2D eigenvalue weighted by Crippen LogP contribution is -2.06. The Hall–Kier alpha value is -2.41. The van der Waals surface area contributed by atoms with Gasteiger partial charge in [0.05, 0.1) is 14.2 Å². The number of carbonyl (C=O) groups excluding carboxylic acids is 1. The average Bonchev–Trinajstić information content (AvgIpc) is 2.53. The van der Waals surface area contributed by atoms with E-state index < -0.39 is 5.97 Å². The molecule has 7 heteroatoms. The molecule has 0 radical (unpaired) electrons. The van der Waals surface area contributed by atoms with Gasteiger partial charge < -0.3 is 24.4 Å². The fraction of sp³-hybridized carbons (Fsp3) is 0.188. The topological polar surface area (TPSA) is 85.2 Å². The van der Waals surface area contributed by atoms with Crippen LogP contribution in [-0.4, -0.2) is 30.4 Å². The molecule has 2 N–H and O–H groups in total. The first-order valence-electron chi connectivity index (χ1n) is 6.55. The minimum atomic E-state index is -0.704. The van der Waals surface area contributed by atoms with E-state index in [-0.39, 0.29) is 23.7 Å². The van der Waals surface area contributed by atoms with Crippen molar-refractivity contribution in [3.05, 3.63) is 45.9 Å². The van der Waals surface area contributed by atoms with E-state index >= 15 is 0 Å². The highest BCUT2D eigenvalue weighted by atomic mass is 79.9. The van der Waals surface area contributed by atoms with Crippen LogP contribution >= 0.6 is 15.9 Å². The summed E-state index contributed by atoms with van der Waals surface area (Å²) >= 11 is 3.37. The van der Waals surface area contributed by atoms with Gasteiger partial charge >= 0.3 is 5.97 Å². The van der Waals surface area contributed by atoms with Crippen molar-refractivity contribution in [3.63, 3.8) is 0 Å². The van der Waals surface area contributed by atoms with Crippen molar-refractivity contribution in [2.75, 3.05) is 14.2 Å². The van der Waals surface area contributed by atoms with Crippen LogP contribution in [-0.2, 0) is 11.3 Å². The molecule has 0 fully saturated rings. The summed E-state index contributed by atoms with van der Waals surface area (Å²) in [7, 11) is 3.04. The van der Waals surface area contributed by atoms with Crippen molar-refractivity contribution in [3.8, 4) is 23.0 Å². The largest absolute Gasteiger partial charge is 0.508 e. The molecule has 2 aromatic carbocycles. The Balaban J connectivity index is 2.15. The first-order valence-corrected chi connectivity index (χ1v) is 7.35. The number of phenols is 2. The van der Waals surface area contributed by atoms with Crippen LogP contribution in [0.5, 0.6) is 23.0 Å². The molecule has 2 rings (SSSR count). The molecule has 0 saturated carbocycles. The molecule has 2 aromatic rings. The Morgan fingerprint density at radius 1 is 1.09 bits per heavy atom. The third-order valence-corrected chi connectivity index (χ3v) is 3.85. The van der Waals surface area contributed by atoms with Crippen LogP contribution in [0.15, 0.2) is 34.8 Å². The molecule has 0 aliphatic heterocycles. The Bertz CT molecular complexity index is 729. The molecule has 0 aliphatic rings. The molecular formula is C16H15BrO6. The van der Waals surface area contributed by atoms with Gasteiger partial charge in [0.25, 0.3) is 0 Å². The molecule has 0 aromatic heterocycles. The van der Waals surface area contributed by atoms with Crippen LogP contribution in [0.3, 0.4) is 0 Å². The second kappa shape index (κ2) is 7.23. The lowest BCUT2D eigenvalue weighted by Gasteiger charge is -2.12. The average molecular weight is 383 g/mol. The molecule has 0 aliphatic carbocycles. The monoisotopic (exact) mass is 382 g/mol. The van der Waals surface area contributed by atoms with E-state index in [1.54, 1.807) is 12.1 Å². The molecule has 0 atom stereocenters. The van der Waals surface area contributed by atoms with E-state index in [4.69, 9.17) is 14.2 Å². The van der Waals surface area contributed by atoms with Crippen molar-refractivity contribution >= 4 is 21.9 Å². The van der Waals surface area contributed by atoms with E-state index in [1.807, 2.05) is 0 Å². The standard InChI is InChI=1S/C16H15BrO6/c1-21-14-5-9(12(17)7-15(14)22-2)8-23-16(20)11-4-3-10(18)6-13(11)19/h3-7,18-19H,8H2,1-2H3. The van der Waals surface area contributed by atoms with Crippen LogP contribution in [0.1, 0.15) is 15.9 Å². The molecule has 0 heterocycles. The predicted molar refractivity (Wildman–Crippen MR) is 86.1 cm³/mol. The van der Waals surface area contributed by atoms with Crippen LogP contribution in [0.4, 0.5) is 0 Å². The van der Waals surface area contributed by atoms with Gasteiger partial charge in [0.15, 0.2) is 11.5 Å². The normalized spacial score (nSPS) is 10.2. The number of benzene rings is 2. The quantitative estimate of drug-likeness (QED) is 0.772. The van der Waals surface area contributed by atoms with Crippen LogP contribution in [0, 0.1) is 0 Å². The van der Waals surface area contributed by atoms with Gasteiger partial charge in [-0.1, -0.05) is 15.9 Å². The highest BCUT2D eigenvalue weighted by Crippen LogP contribution is 2.34. The lowest BCUT2D eigenvalue weighted by atomic mass is 10.2. The number of ether oxygens (including phenoxy) is 3. The summed E-state index contributed by atoms with van der Waals surface area (Å²) in [5, 5.41) is 18.9. The second-order valence-corrected chi connectivity index (χ2v) is 5.43. The first kappa shape index (κ1) is 17.0. The van der Waals surface area contributed by atoms with Crippen molar-refractivity contribution in [2.24, 2.45) is 0 Å². The van der Waals surface area contributed by atoms with Gasteiger partial charge in [-0.2, -0.15) is 0 Å². The lowest BCUT2D eigenvalue weighted by molar-refractivity contribution is 0.0468. The van der Waals surface area contributed by atoms with E-state index in [0.29, 0.717) is 21.5 Å². The zero-order valence-corrected chi connectivity index (χ0v) is 14.1. The fourth-order valence-electron chi connectivity index (χ4n) is 1.92. The van der Waals surface area contributed by atoms with Gasteiger partial charge in [-0.15, -0.1) is 0 Å². The molecule has 0 amide bonds. The van der Waals surface area contributed by atoms with Gasteiger partial charge in [0.2, 0.25) is 0 Å². The maximum absolute atomic E-state index is 12.0. The SMILES string of the molecule is COc1cc(Br)c(COC(=O)c2ccc(O)cc2O)cc1OC. The Kier molecular flexibility index (Phi) is 5.33. The number of hydrogen-bond acceptors (Lipinski definition) is 6. The summed E-state index contributed by atoms with van der Waals surface area (Å²) in [5.74, 6) is -0.132. The number of aromatic hydroxyl groups is 2. The fourth-order valence-corrected chi connectivity index (χ4v) is 2.36. The van der Waals surface area contributed by atoms with Crippen LogP contribution < -0.4 is 9.47 Å². The summed E-state index contributed by atoms with van der Waals surface area (Å²) in [6, 6.07) is 7.05. The number of rotatable bonds is 5. The summed E-state index contributed by atoms with van der Waals surface area (Å²) in [6.45, 7) is -0.0277. The minimum Gasteiger partial charge on any atom is -0.508 e. The number of esters is 1. The van der Waals surface area contributed by atoms with Crippen LogP contribution in [0.2, 0.25) is 0 Å². The summed E-state index contributed by atoms with van der Waals surface area (Å²) in [6.07, 6.45) is 0. The molecule has 0 saturated heterocycles. The summed E-state index contributed by atoms with van der Waals surface area (Å²) in [5.41, 5.74) is 0.647. The number of hydrogen-bond donors (Lipinski definition) is 2. The van der Waals surface area contributed by atoms with Gasteiger partial charge in [-0.05, 0) is 24.3 Å². The number of phenolic OH excluding ortho intramolecular Hbond substituents is 2. The van der Waals surface area contributed by atoms with Gasteiger partial charge in [0.1, 0.15) is 23.7 Å². The zero-order chi connectivity index (χ0) is 17.0. The highest BCUT2D eigenvalue weighted by molar-refractivity contribution is 9.10. The molecule has 122 valence electrons. The van der Waals surface area contributed by atoms with Gasteiger partial charge in [-0.25, -0.2) is 4.79 Å². The minimum absolute atomic E-state index is 0.0277. The van der Waals surface area contributed by atoms with Crippen LogP contribution in [0.25, 0.3) is 0 Å². The van der Waals surface area contributed by atoms with Crippen molar-refractivity contribution < 1.29 is 29.2 Å². The Labute approximate surface area is 141 Å². The summed E-state index contributed by atoms with van der Waals surface area (Å²) < 4.78 is 16.3. The third-order valence-electron chi connectivity index (χ3n) is 3.11. The Morgan fingerprint density at radius 3 is 2.35 bits per heavy atom. The molecule has 6 nitrogen and oxygen atoms in total. The number of halogens is 1. The molecule has 0 bridgehead atoms. The number of methoxy groups -OCH3 is 2. The molecule has 0 unspecified atom stereocenters. The first-order chi connectivity index (χ1) is 11.0. The second-order valence-electron chi connectivity index (χ2n) is 4.58. The molecule has 23 heavy (non-hydrogen) atoms.